The van der Waals surface area contributed by atoms with Gasteiger partial charge in [0, 0.05) is 25.8 Å². The first kappa shape index (κ1) is 14.2. The third-order valence-corrected chi connectivity index (χ3v) is 2.32. The van der Waals surface area contributed by atoms with Crippen LogP contribution in [0.1, 0.15) is 31.2 Å². The van der Waals surface area contributed by atoms with Crippen molar-refractivity contribution >= 4 is 0 Å². The van der Waals surface area contributed by atoms with Crippen LogP contribution in [-0.2, 0) is 11.3 Å². The van der Waals surface area contributed by atoms with Crippen LogP contribution in [0.3, 0.4) is 0 Å². The minimum absolute atomic E-state index is 0.380. The van der Waals surface area contributed by atoms with Gasteiger partial charge in [0.15, 0.2) is 0 Å². The molecule has 1 aromatic heterocycles. The maximum atomic E-state index is 9.60. The molecule has 0 aliphatic carbocycles. The fourth-order valence-electron chi connectivity index (χ4n) is 1.39. The molecule has 1 aromatic rings. The molecular formula is C12H22N2O3. The molecule has 0 saturated heterocycles. The summed E-state index contributed by atoms with van der Waals surface area (Å²) in [6.07, 6.45) is 1.68. The molecule has 17 heavy (non-hydrogen) atoms. The van der Waals surface area contributed by atoms with Crippen molar-refractivity contribution in [3.63, 3.8) is 0 Å². The number of rotatable bonds is 9. The Morgan fingerprint density at radius 1 is 1.59 bits per heavy atom. The molecule has 1 unspecified atom stereocenters. The van der Waals surface area contributed by atoms with Crippen LogP contribution in [-0.4, -0.2) is 36.1 Å². The molecule has 98 valence electrons. The zero-order valence-electron chi connectivity index (χ0n) is 10.6. The predicted molar refractivity (Wildman–Crippen MR) is 64.7 cm³/mol. The van der Waals surface area contributed by atoms with E-state index in [-0.39, 0.29) is 0 Å². The van der Waals surface area contributed by atoms with Crippen molar-refractivity contribution in [2.45, 2.75) is 39.3 Å². The summed E-state index contributed by atoms with van der Waals surface area (Å²) in [5, 5.41) is 16.6. The number of hydrogen-bond donors (Lipinski definition) is 2. The highest BCUT2D eigenvalue weighted by atomic mass is 16.5. The second-order valence-corrected chi connectivity index (χ2v) is 4.14. The Labute approximate surface area is 102 Å². The van der Waals surface area contributed by atoms with Gasteiger partial charge in [0.25, 0.3) is 0 Å². The molecule has 0 spiro atoms. The largest absolute Gasteiger partial charge is 0.389 e. The van der Waals surface area contributed by atoms with E-state index in [1.807, 2.05) is 13.0 Å². The van der Waals surface area contributed by atoms with Crippen molar-refractivity contribution in [1.82, 2.24) is 10.5 Å². The highest BCUT2D eigenvalue weighted by Crippen LogP contribution is 2.00. The molecule has 1 atom stereocenters. The average Bonchev–Trinajstić information content (AvgIpc) is 2.71. The lowest BCUT2D eigenvalue weighted by molar-refractivity contribution is 0.0357. The zero-order valence-corrected chi connectivity index (χ0v) is 10.6. The fraction of sp³-hybridized carbons (Fsp3) is 0.750. The van der Waals surface area contributed by atoms with Gasteiger partial charge in [-0.05, 0) is 13.3 Å². The highest BCUT2D eigenvalue weighted by molar-refractivity contribution is 5.02. The Balaban J connectivity index is 2.02. The highest BCUT2D eigenvalue weighted by Gasteiger charge is 2.05. The van der Waals surface area contributed by atoms with Gasteiger partial charge in [-0.3, -0.25) is 0 Å². The summed E-state index contributed by atoms with van der Waals surface area (Å²) in [7, 11) is 0. The third kappa shape index (κ3) is 6.41. The first-order chi connectivity index (χ1) is 8.22. The van der Waals surface area contributed by atoms with Crippen molar-refractivity contribution in [1.29, 1.82) is 0 Å². The summed E-state index contributed by atoms with van der Waals surface area (Å²) in [5.41, 5.74) is 0.849. The van der Waals surface area contributed by atoms with E-state index < -0.39 is 6.10 Å². The van der Waals surface area contributed by atoms with Gasteiger partial charge in [-0.15, -0.1) is 0 Å². The van der Waals surface area contributed by atoms with Crippen LogP contribution in [0.2, 0.25) is 0 Å². The molecule has 1 heterocycles. The first-order valence-electron chi connectivity index (χ1n) is 6.11. The van der Waals surface area contributed by atoms with E-state index in [4.69, 9.17) is 9.26 Å². The zero-order chi connectivity index (χ0) is 12.5. The number of ether oxygens (including phenoxy) is 1. The van der Waals surface area contributed by atoms with E-state index in [0.29, 0.717) is 19.7 Å². The maximum Gasteiger partial charge on any atom is 0.133 e. The van der Waals surface area contributed by atoms with Crippen LogP contribution in [0.25, 0.3) is 0 Å². The fourth-order valence-corrected chi connectivity index (χ4v) is 1.39. The van der Waals surface area contributed by atoms with Crippen molar-refractivity contribution in [2.75, 3.05) is 19.8 Å². The summed E-state index contributed by atoms with van der Waals surface area (Å²) in [6.45, 7) is 6.16. The Morgan fingerprint density at radius 2 is 2.41 bits per heavy atom. The number of aryl methyl sites for hydroxylation is 1. The number of aliphatic hydroxyl groups is 1. The minimum Gasteiger partial charge on any atom is -0.389 e. The molecule has 0 aromatic carbocycles. The topological polar surface area (TPSA) is 67.5 Å². The van der Waals surface area contributed by atoms with Crippen LogP contribution in [0.4, 0.5) is 0 Å². The van der Waals surface area contributed by atoms with Gasteiger partial charge in [-0.2, -0.15) is 0 Å². The monoisotopic (exact) mass is 242 g/mol. The van der Waals surface area contributed by atoms with Crippen molar-refractivity contribution < 1.29 is 14.4 Å². The minimum atomic E-state index is -0.472. The lowest BCUT2D eigenvalue weighted by atomic mass is 10.3. The van der Waals surface area contributed by atoms with E-state index >= 15 is 0 Å². The van der Waals surface area contributed by atoms with Gasteiger partial charge in [-0.1, -0.05) is 18.5 Å². The van der Waals surface area contributed by atoms with Crippen molar-refractivity contribution in [3.05, 3.63) is 17.5 Å². The number of hydrogen-bond acceptors (Lipinski definition) is 5. The molecule has 5 nitrogen and oxygen atoms in total. The molecule has 0 aliphatic heterocycles. The molecule has 5 heteroatoms. The molecular weight excluding hydrogens is 220 g/mol. The van der Waals surface area contributed by atoms with Crippen LogP contribution < -0.4 is 5.32 Å². The molecule has 0 aliphatic rings. The SMILES string of the molecule is CCCCOCC(O)CNCc1cc(C)on1. The van der Waals surface area contributed by atoms with Gasteiger partial charge >= 0.3 is 0 Å². The summed E-state index contributed by atoms with van der Waals surface area (Å²) in [5.74, 6) is 0.797. The maximum absolute atomic E-state index is 9.60. The van der Waals surface area contributed by atoms with Crippen molar-refractivity contribution in [3.8, 4) is 0 Å². The van der Waals surface area contributed by atoms with E-state index in [0.717, 1.165) is 30.9 Å². The predicted octanol–water partition coefficient (Wildman–Crippen LogP) is 1.25. The molecule has 0 fully saturated rings. The van der Waals surface area contributed by atoms with E-state index in [1.165, 1.54) is 0 Å². The van der Waals surface area contributed by atoms with Gasteiger partial charge in [0.05, 0.1) is 18.4 Å². The number of unbranched alkanes of at least 4 members (excludes halogenated alkanes) is 1. The molecule has 0 saturated carbocycles. The van der Waals surface area contributed by atoms with E-state index in [1.54, 1.807) is 0 Å². The quantitative estimate of drug-likeness (QED) is 0.638. The Morgan fingerprint density at radius 3 is 3.06 bits per heavy atom. The summed E-state index contributed by atoms with van der Waals surface area (Å²) in [6, 6.07) is 1.87. The number of aromatic nitrogens is 1. The standard InChI is InChI=1S/C12H22N2O3/c1-3-4-5-16-9-12(15)8-13-7-11-6-10(2)17-14-11/h6,12-13,15H,3-5,7-9H2,1-2H3. The van der Waals surface area contributed by atoms with Crippen molar-refractivity contribution in [2.24, 2.45) is 0 Å². The molecule has 0 bridgehead atoms. The Kier molecular flexibility index (Phi) is 6.84. The van der Waals surface area contributed by atoms with Gasteiger partial charge in [-0.25, -0.2) is 0 Å². The van der Waals surface area contributed by atoms with Crippen LogP contribution in [0, 0.1) is 6.92 Å². The lowest BCUT2D eigenvalue weighted by Crippen LogP contribution is -2.30. The van der Waals surface area contributed by atoms with Crippen LogP contribution >= 0.6 is 0 Å². The van der Waals surface area contributed by atoms with Crippen LogP contribution in [0.15, 0.2) is 10.6 Å². The summed E-state index contributed by atoms with van der Waals surface area (Å²) in [4.78, 5) is 0. The molecule has 2 N–H and O–H groups in total. The summed E-state index contributed by atoms with van der Waals surface area (Å²) < 4.78 is 10.3. The summed E-state index contributed by atoms with van der Waals surface area (Å²) >= 11 is 0. The van der Waals surface area contributed by atoms with E-state index in [9.17, 15) is 5.11 Å². The Bertz CT molecular complexity index is 302. The van der Waals surface area contributed by atoms with Gasteiger partial charge in [0.2, 0.25) is 0 Å². The second kappa shape index (κ2) is 8.22. The third-order valence-electron chi connectivity index (χ3n) is 2.32. The number of nitrogens with zero attached hydrogens (tertiary/aromatic N) is 1. The van der Waals surface area contributed by atoms with Gasteiger partial charge in [0.1, 0.15) is 5.76 Å². The van der Waals surface area contributed by atoms with Gasteiger partial charge < -0.3 is 19.7 Å². The first-order valence-corrected chi connectivity index (χ1v) is 6.11. The average molecular weight is 242 g/mol. The normalized spacial score (nSPS) is 12.9. The Hall–Kier alpha value is -0.910. The number of aliphatic hydroxyl groups excluding tert-OH is 1. The van der Waals surface area contributed by atoms with E-state index in [2.05, 4.69) is 17.4 Å². The second-order valence-electron chi connectivity index (χ2n) is 4.14. The molecule has 1 rings (SSSR count). The smallest absolute Gasteiger partial charge is 0.133 e. The number of nitrogens with one attached hydrogen (secondary N) is 1. The molecule has 0 amide bonds. The molecule has 0 radical (unpaired) electrons. The lowest BCUT2D eigenvalue weighted by Gasteiger charge is -2.11. The van der Waals surface area contributed by atoms with Crippen LogP contribution in [0.5, 0.6) is 0 Å².